The smallest absolute Gasteiger partial charge is 0.306 e. The van der Waals surface area contributed by atoms with E-state index < -0.39 is 0 Å². The molecule has 0 aromatic rings. The van der Waals surface area contributed by atoms with Crippen LogP contribution in [0.2, 0.25) is 0 Å². The summed E-state index contributed by atoms with van der Waals surface area (Å²) in [6.45, 7) is 12.0. The molecule has 0 aromatic heterocycles. The highest BCUT2D eigenvalue weighted by Gasteiger charge is 2.17. The molecule has 0 bridgehead atoms. The Hall–Kier alpha value is -0.790. The minimum Gasteiger partial charge on any atom is -0.460 e. The summed E-state index contributed by atoms with van der Waals surface area (Å²) < 4.78 is 5.28. The number of hydrogen-bond donors (Lipinski definition) is 0. The second-order valence-corrected chi connectivity index (χ2v) is 5.75. The molecule has 0 amide bonds. The number of carbonyl (C=O) groups excluding carboxylic acids is 1. The van der Waals surface area contributed by atoms with E-state index in [4.69, 9.17) is 4.74 Å². The van der Waals surface area contributed by atoms with Gasteiger partial charge in [-0.05, 0) is 53.4 Å². The quantitative estimate of drug-likeness (QED) is 0.521. The number of ether oxygens (including phenoxy) is 1. The van der Waals surface area contributed by atoms with Crippen LogP contribution in [0.3, 0.4) is 0 Å². The summed E-state index contributed by atoms with van der Waals surface area (Å²) in [7, 11) is 0. The second-order valence-electron chi connectivity index (χ2n) is 5.75. The summed E-state index contributed by atoms with van der Waals surface area (Å²) in [5.74, 6) is 0.308. The van der Waals surface area contributed by atoms with Crippen LogP contribution in [0.1, 0.15) is 60.8 Å². The summed E-state index contributed by atoms with van der Waals surface area (Å²) in [6, 6.07) is 0. The highest BCUT2D eigenvalue weighted by Crippen LogP contribution is 2.15. The minimum absolute atomic E-state index is 0.0859. The molecule has 0 radical (unpaired) electrons. The van der Waals surface area contributed by atoms with Crippen LogP contribution in [-0.2, 0) is 9.53 Å². The summed E-state index contributed by atoms with van der Waals surface area (Å²) in [4.78, 5) is 11.5. The third kappa shape index (κ3) is 9.75. The zero-order chi connectivity index (χ0) is 12.8. The fraction of sp³-hybridized carbons (Fsp3) is 0.786. The van der Waals surface area contributed by atoms with Crippen molar-refractivity contribution in [2.75, 3.05) is 0 Å². The van der Waals surface area contributed by atoms with E-state index in [2.05, 4.69) is 26.8 Å². The van der Waals surface area contributed by atoms with Gasteiger partial charge in [0.05, 0.1) is 0 Å². The van der Waals surface area contributed by atoms with E-state index in [0.29, 0.717) is 12.3 Å². The molecule has 94 valence electrons. The average Bonchev–Trinajstić information content (AvgIpc) is 1.98. The summed E-state index contributed by atoms with van der Waals surface area (Å²) >= 11 is 0. The maximum atomic E-state index is 11.5. The number of rotatable bonds is 5. The molecular weight excluding hydrogens is 200 g/mol. The Morgan fingerprint density at radius 3 is 2.31 bits per heavy atom. The van der Waals surface area contributed by atoms with Crippen molar-refractivity contribution in [3.63, 3.8) is 0 Å². The monoisotopic (exact) mass is 226 g/mol. The molecular formula is C14H26O2. The lowest BCUT2D eigenvalue weighted by Gasteiger charge is -2.20. The fourth-order valence-electron chi connectivity index (χ4n) is 1.43. The van der Waals surface area contributed by atoms with E-state index in [0.717, 1.165) is 12.8 Å². The minimum atomic E-state index is -0.364. The summed E-state index contributed by atoms with van der Waals surface area (Å²) in [5.41, 5.74) is 0.973. The lowest BCUT2D eigenvalue weighted by atomic mass is 10.0. The normalized spacial score (nSPS) is 13.1. The Morgan fingerprint density at radius 2 is 1.88 bits per heavy atom. The molecule has 0 saturated heterocycles. The van der Waals surface area contributed by atoms with Gasteiger partial charge in [-0.25, -0.2) is 0 Å². The predicted molar refractivity (Wildman–Crippen MR) is 68.3 cm³/mol. The van der Waals surface area contributed by atoms with Crippen molar-refractivity contribution < 1.29 is 9.53 Å². The lowest BCUT2D eigenvalue weighted by Crippen LogP contribution is -2.24. The molecule has 0 heterocycles. The molecule has 0 fully saturated rings. The van der Waals surface area contributed by atoms with Gasteiger partial charge in [-0.1, -0.05) is 18.6 Å². The summed E-state index contributed by atoms with van der Waals surface area (Å²) in [5, 5.41) is 0. The van der Waals surface area contributed by atoms with Crippen LogP contribution in [0.25, 0.3) is 0 Å². The Morgan fingerprint density at radius 1 is 1.31 bits per heavy atom. The first kappa shape index (κ1) is 15.2. The standard InChI is InChI=1S/C14H26O2/c1-11(2)8-7-9-12(3)10-13(15)16-14(4,5)6/h8,12H,7,9-10H2,1-6H3. The third-order valence-corrected chi connectivity index (χ3v) is 2.15. The Balaban J connectivity index is 3.83. The fourth-order valence-corrected chi connectivity index (χ4v) is 1.43. The van der Waals surface area contributed by atoms with Gasteiger partial charge in [0, 0.05) is 6.42 Å². The molecule has 0 N–H and O–H groups in total. The maximum Gasteiger partial charge on any atom is 0.306 e. The van der Waals surface area contributed by atoms with E-state index in [-0.39, 0.29) is 11.6 Å². The third-order valence-electron chi connectivity index (χ3n) is 2.15. The van der Waals surface area contributed by atoms with Crippen molar-refractivity contribution in [2.45, 2.75) is 66.4 Å². The van der Waals surface area contributed by atoms with E-state index in [1.165, 1.54) is 5.57 Å². The molecule has 16 heavy (non-hydrogen) atoms. The number of hydrogen-bond acceptors (Lipinski definition) is 2. The Labute approximate surface area is 100 Å². The van der Waals surface area contributed by atoms with Gasteiger partial charge in [-0.15, -0.1) is 0 Å². The van der Waals surface area contributed by atoms with Crippen LogP contribution in [0.5, 0.6) is 0 Å². The first-order valence-electron chi connectivity index (χ1n) is 6.06. The van der Waals surface area contributed by atoms with Crippen LogP contribution in [0.15, 0.2) is 11.6 Å². The second kappa shape index (κ2) is 6.72. The highest BCUT2D eigenvalue weighted by atomic mass is 16.6. The molecule has 1 atom stereocenters. The Kier molecular flexibility index (Phi) is 6.39. The molecule has 0 saturated carbocycles. The first-order valence-corrected chi connectivity index (χ1v) is 6.06. The summed E-state index contributed by atoms with van der Waals surface area (Å²) in [6.07, 6.45) is 4.83. The van der Waals surface area contributed by atoms with Crippen LogP contribution < -0.4 is 0 Å². The van der Waals surface area contributed by atoms with Gasteiger partial charge in [0.1, 0.15) is 5.60 Å². The topological polar surface area (TPSA) is 26.3 Å². The SMILES string of the molecule is CC(C)=CCCC(C)CC(=O)OC(C)(C)C. The average molecular weight is 226 g/mol. The number of carbonyl (C=O) groups is 1. The largest absolute Gasteiger partial charge is 0.460 e. The van der Waals surface area contributed by atoms with Gasteiger partial charge in [0.15, 0.2) is 0 Å². The van der Waals surface area contributed by atoms with E-state index >= 15 is 0 Å². The maximum absolute atomic E-state index is 11.5. The van der Waals surface area contributed by atoms with Gasteiger partial charge in [-0.3, -0.25) is 4.79 Å². The van der Waals surface area contributed by atoms with E-state index in [9.17, 15) is 4.79 Å². The number of allylic oxidation sites excluding steroid dienone is 2. The highest BCUT2D eigenvalue weighted by molar-refractivity contribution is 5.70. The molecule has 2 heteroatoms. The molecule has 0 aliphatic carbocycles. The van der Waals surface area contributed by atoms with Gasteiger partial charge in [0.2, 0.25) is 0 Å². The molecule has 0 aliphatic rings. The van der Waals surface area contributed by atoms with Crippen molar-refractivity contribution >= 4 is 5.97 Å². The van der Waals surface area contributed by atoms with Gasteiger partial charge in [-0.2, -0.15) is 0 Å². The van der Waals surface area contributed by atoms with E-state index in [1.54, 1.807) is 0 Å². The zero-order valence-corrected chi connectivity index (χ0v) is 11.6. The van der Waals surface area contributed by atoms with Crippen molar-refractivity contribution in [3.8, 4) is 0 Å². The molecule has 1 unspecified atom stereocenters. The van der Waals surface area contributed by atoms with Crippen molar-refractivity contribution in [1.29, 1.82) is 0 Å². The zero-order valence-electron chi connectivity index (χ0n) is 11.6. The van der Waals surface area contributed by atoms with Crippen molar-refractivity contribution in [2.24, 2.45) is 5.92 Å². The molecule has 0 aromatic carbocycles. The molecule has 0 spiro atoms. The lowest BCUT2D eigenvalue weighted by molar-refractivity contribution is -0.155. The Bertz CT molecular complexity index is 242. The first-order chi connectivity index (χ1) is 7.20. The van der Waals surface area contributed by atoms with Crippen LogP contribution in [-0.4, -0.2) is 11.6 Å². The van der Waals surface area contributed by atoms with Crippen molar-refractivity contribution in [3.05, 3.63) is 11.6 Å². The van der Waals surface area contributed by atoms with Gasteiger partial charge < -0.3 is 4.74 Å². The van der Waals surface area contributed by atoms with Gasteiger partial charge >= 0.3 is 5.97 Å². The predicted octanol–water partition coefficient (Wildman–Crippen LogP) is 4.10. The molecule has 0 rings (SSSR count). The van der Waals surface area contributed by atoms with Crippen LogP contribution in [0.4, 0.5) is 0 Å². The molecule has 2 nitrogen and oxygen atoms in total. The van der Waals surface area contributed by atoms with Crippen LogP contribution in [0, 0.1) is 5.92 Å². The van der Waals surface area contributed by atoms with Gasteiger partial charge in [0.25, 0.3) is 0 Å². The number of esters is 1. The van der Waals surface area contributed by atoms with Crippen LogP contribution >= 0.6 is 0 Å². The molecule has 0 aliphatic heterocycles. The van der Waals surface area contributed by atoms with E-state index in [1.807, 2.05) is 20.8 Å². The van der Waals surface area contributed by atoms with Crippen molar-refractivity contribution in [1.82, 2.24) is 0 Å².